The molecule has 0 bridgehead atoms. The standard InChI is InChI=1S/C18H9Cl2NO3S2.ClH/c19-11-3-1-9(12(20)7-11)6-16-17(24)21-13(8-25-18(21)26-16)10-2-4-14(22)15(23)5-10;/h1-8H,(H-,22,23);1H. The highest BCUT2D eigenvalue weighted by Crippen LogP contribution is 2.39. The molecule has 3 aromatic rings. The van der Waals surface area contributed by atoms with E-state index in [0.717, 1.165) is 4.34 Å². The fourth-order valence-electron chi connectivity index (χ4n) is 2.55. The molecule has 4 rings (SSSR count). The third-order valence-corrected chi connectivity index (χ3v) is 6.52. The minimum absolute atomic E-state index is 0. The van der Waals surface area contributed by atoms with E-state index in [1.165, 1.54) is 35.2 Å². The van der Waals surface area contributed by atoms with Crippen LogP contribution < -0.4 is 17.0 Å². The van der Waals surface area contributed by atoms with Gasteiger partial charge in [-0.15, -0.1) is 4.57 Å². The molecule has 0 radical (unpaired) electrons. The molecule has 138 valence electrons. The Bertz CT molecular complexity index is 1100. The van der Waals surface area contributed by atoms with Gasteiger partial charge in [-0.05, 0) is 42.0 Å². The van der Waals surface area contributed by atoms with E-state index in [4.69, 9.17) is 23.2 Å². The van der Waals surface area contributed by atoms with Crippen LogP contribution in [0.2, 0.25) is 10.0 Å². The number of thiazole rings is 1. The van der Waals surface area contributed by atoms with Gasteiger partial charge in [-0.2, -0.15) is 0 Å². The lowest BCUT2D eigenvalue weighted by atomic mass is 10.1. The zero-order chi connectivity index (χ0) is 18.4. The molecule has 0 spiro atoms. The normalized spacial score (nSPS) is 14.3. The molecule has 0 amide bonds. The summed E-state index contributed by atoms with van der Waals surface area (Å²) in [5, 5.41) is 22.1. The highest BCUT2D eigenvalue weighted by Gasteiger charge is 2.41. The van der Waals surface area contributed by atoms with Crippen molar-refractivity contribution >= 4 is 58.3 Å². The second kappa shape index (κ2) is 7.73. The maximum atomic E-state index is 12.9. The third kappa shape index (κ3) is 3.68. The van der Waals surface area contributed by atoms with Crippen molar-refractivity contribution in [1.82, 2.24) is 0 Å². The highest BCUT2D eigenvalue weighted by atomic mass is 35.5. The Labute approximate surface area is 179 Å². The predicted molar refractivity (Wildman–Crippen MR) is 104 cm³/mol. The smallest absolute Gasteiger partial charge is 0.433 e. The first-order valence-corrected chi connectivity index (χ1v) is 9.84. The number of aromatic hydroxyl groups is 2. The van der Waals surface area contributed by atoms with E-state index in [1.54, 1.807) is 34.9 Å². The number of hydrogen-bond donors (Lipinski definition) is 2. The molecule has 27 heavy (non-hydrogen) atoms. The summed E-state index contributed by atoms with van der Waals surface area (Å²) < 4.78 is 2.41. The molecule has 1 aromatic heterocycles. The third-order valence-electron chi connectivity index (χ3n) is 3.83. The number of rotatable bonds is 2. The molecule has 0 saturated heterocycles. The average Bonchev–Trinajstić information content (AvgIpc) is 3.14. The van der Waals surface area contributed by atoms with E-state index in [2.05, 4.69) is 0 Å². The molecule has 0 atom stereocenters. The fraction of sp³-hybridized carbons (Fsp3) is 0. The van der Waals surface area contributed by atoms with E-state index in [0.29, 0.717) is 31.8 Å². The van der Waals surface area contributed by atoms with Gasteiger partial charge in [0.2, 0.25) is 5.69 Å². The van der Waals surface area contributed by atoms with Gasteiger partial charge in [0.1, 0.15) is 4.91 Å². The van der Waals surface area contributed by atoms with Crippen molar-refractivity contribution in [2.45, 2.75) is 4.34 Å². The van der Waals surface area contributed by atoms with Gasteiger partial charge in [-0.3, -0.25) is 0 Å². The van der Waals surface area contributed by atoms with E-state index < -0.39 is 0 Å². The van der Waals surface area contributed by atoms with Crippen LogP contribution in [0.15, 0.2) is 51.0 Å². The molecule has 4 nitrogen and oxygen atoms in total. The van der Waals surface area contributed by atoms with Crippen LogP contribution in [-0.2, 0) is 0 Å². The van der Waals surface area contributed by atoms with E-state index >= 15 is 0 Å². The summed E-state index contributed by atoms with van der Waals surface area (Å²) in [5.41, 5.74) is 2.01. The van der Waals surface area contributed by atoms with Crippen molar-refractivity contribution in [2.24, 2.45) is 0 Å². The van der Waals surface area contributed by atoms with Crippen LogP contribution in [0.3, 0.4) is 0 Å². The molecular weight excluding hydrogens is 449 g/mol. The molecule has 2 aromatic carbocycles. The van der Waals surface area contributed by atoms with Crippen LogP contribution in [0.5, 0.6) is 11.5 Å². The topological polar surface area (TPSA) is 61.4 Å². The SMILES string of the molecule is O=C1C(=Cc2ccc(Cl)cc2Cl)Sc2scc(-c3ccc(O)c(O)c3)[n+]21.[Cl-]. The van der Waals surface area contributed by atoms with E-state index in [9.17, 15) is 15.0 Å². The van der Waals surface area contributed by atoms with Crippen molar-refractivity contribution in [3.8, 4) is 22.8 Å². The van der Waals surface area contributed by atoms with Crippen LogP contribution in [0, 0.1) is 0 Å². The number of nitrogens with zero attached hydrogens (tertiary/aromatic N) is 1. The van der Waals surface area contributed by atoms with Gasteiger partial charge in [-0.1, -0.05) is 40.6 Å². The summed E-state index contributed by atoms with van der Waals surface area (Å²) in [6, 6.07) is 9.60. The fourth-order valence-corrected chi connectivity index (χ4v) is 5.19. The molecular formula is C18H10Cl3NO3S2. The summed E-state index contributed by atoms with van der Waals surface area (Å²) in [6.45, 7) is 0. The molecule has 0 unspecified atom stereocenters. The van der Waals surface area contributed by atoms with E-state index in [1.807, 2.05) is 5.38 Å². The number of allylic oxidation sites excluding steroid dienone is 1. The number of aromatic nitrogens is 1. The first kappa shape index (κ1) is 20.0. The number of carbonyl (C=O) groups excluding carboxylic acids is 1. The Balaban J connectivity index is 0.00000210. The number of fused-ring (bicyclic) bond motifs is 1. The maximum Gasteiger partial charge on any atom is 0.433 e. The minimum atomic E-state index is -0.232. The predicted octanol–water partition coefficient (Wildman–Crippen LogP) is 2.21. The Morgan fingerprint density at radius 1 is 1.04 bits per heavy atom. The quantitative estimate of drug-likeness (QED) is 0.351. The number of carbonyl (C=O) groups is 1. The molecule has 0 aliphatic carbocycles. The Kier molecular flexibility index (Phi) is 5.74. The van der Waals surface area contributed by atoms with Crippen LogP contribution in [-0.4, -0.2) is 16.1 Å². The number of halogens is 3. The van der Waals surface area contributed by atoms with Gasteiger partial charge in [0.05, 0.1) is 10.9 Å². The molecule has 9 heteroatoms. The number of phenols is 2. The maximum absolute atomic E-state index is 12.9. The number of benzene rings is 2. The zero-order valence-corrected chi connectivity index (χ0v) is 17.2. The van der Waals surface area contributed by atoms with Gasteiger partial charge in [0, 0.05) is 21.8 Å². The van der Waals surface area contributed by atoms with Gasteiger partial charge >= 0.3 is 10.2 Å². The van der Waals surface area contributed by atoms with E-state index in [-0.39, 0.29) is 29.8 Å². The second-order valence-electron chi connectivity index (χ2n) is 5.51. The van der Waals surface area contributed by atoms with Crippen molar-refractivity contribution in [3.05, 3.63) is 62.3 Å². The van der Waals surface area contributed by atoms with Crippen molar-refractivity contribution in [3.63, 3.8) is 0 Å². The lowest BCUT2D eigenvalue weighted by molar-refractivity contribution is -0.588. The van der Waals surface area contributed by atoms with Crippen molar-refractivity contribution in [1.29, 1.82) is 0 Å². The minimum Gasteiger partial charge on any atom is -1.00 e. The van der Waals surface area contributed by atoms with Crippen LogP contribution in [0.25, 0.3) is 17.3 Å². The molecule has 1 aliphatic heterocycles. The van der Waals surface area contributed by atoms with Gasteiger partial charge < -0.3 is 22.6 Å². The zero-order valence-electron chi connectivity index (χ0n) is 13.3. The van der Waals surface area contributed by atoms with Crippen LogP contribution in [0.4, 0.5) is 0 Å². The van der Waals surface area contributed by atoms with Crippen molar-refractivity contribution < 1.29 is 32.0 Å². The summed E-state index contributed by atoms with van der Waals surface area (Å²) in [5.74, 6) is -0.603. The van der Waals surface area contributed by atoms with Crippen LogP contribution >= 0.6 is 46.3 Å². The molecule has 2 N–H and O–H groups in total. The Morgan fingerprint density at radius 3 is 2.52 bits per heavy atom. The van der Waals surface area contributed by atoms with Gasteiger partial charge in [0.25, 0.3) is 0 Å². The summed E-state index contributed by atoms with van der Waals surface area (Å²) in [4.78, 5) is 13.4. The average molecular weight is 459 g/mol. The largest absolute Gasteiger partial charge is 1.00 e. The number of hydrogen-bond acceptors (Lipinski definition) is 5. The Hall–Kier alpha value is -1.70. The lowest BCUT2D eigenvalue weighted by Gasteiger charge is -2.00. The van der Waals surface area contributed by atoms with Crippen LogP contribution in [0.1, 0.15) is 10.4 Å². The summed E-state index contributed by atoms with van der Waals surface area (Å²) in [6.07, 6.45) is 1.74. The van der Waals surface area contributed by atoms with Crippen molar-refractivity contribution in [2.75, 3.05) is 0 Å². The second-order valence-corrected chi connectivity index (χ2v) is 8.50. The Morgan fingerprint density at radius 2 is 1.81 bits per heavy atom. The molecule has 0 fully saturated rings. The number of thioether (sulfide) groups is 1. The monoisotopic (exact) mass is 457 g/mol. The first-order valence-electron chi connectivity index (χ1n) is 7.39. The molecule has 1 aliphatic rings. The van der Waals surface area contributed by atoms with Gasteiger partial charge in [-0.25, -0.2) is 4.79 Å². The highest BCUT2D eigenvalue weighted by molar-refractivity contribution is 8.05. The molecule has 2 heterocycles. The number of phenolic OH excluding ortho intramolecular Hbond substituents is 2. The lowest BCUT2D eigenvalue weighted by Crippen LogP contribution is -3.00. The first-order chi connectivity index (χ1) is 12.4. The molecule has 0 saturated carbocycles. The summed E-state index contributed by atoms with van der Waals surface area (Å²) in [7, 11) is 0. The summed E-state index contributed by atoms with van der Waals surface area (Å²) >= 11 is 14.9. The van der Waals surface area contributed by atoms with Gasteiger partial charge in [0.15, 0.2) is 11.5 Å².